The first kappa shape index (κ1) is 16.8. The van der Waals surface area contributed by atoms with E-state index in [1.807, 2.05) is 18.2 Å². The van der Waals surface area contributed by atoms with Crippen molar-refractivity contribution in [3.8, 4) is 0 Å². The summed E-state index contributed by atoms with van der Waals surface area (Å²) in [6.07, 6.45) is 0. The molecule has 26 heavy (non-hydrogen) atoms. The Balaban J connectivity index is 1.76. The van der Waals surface area contributed by atoms with Crippen LogP contribution in [-0.4, -0.2) is 20.3 Å². The van der Waals surface area contributed by atoms with Crippen LogP contribution >= 0.6 is 34.8 Å². The number of fused-ring (bicyclic) bond motifs is 1. The summed E-state index contributed by atoms with van der Waals surface area (Å²) >= 11 is 18.2. The minimum Gasteiger partial charge on any atom is -0.337 e. The lowest BCUT2D eigenvalue weighted by molar-refractivity contribution is 0.314. The standard InChI is InChI=1S/C16H9Cl3N6O/c17-9-6-5-8(7-11(9)19)20-13-14(21-12-4-2-1-3-10(12)18)23-16-15(22-13)24-26-25-16/h1-7H,(H,20,22,24)(H,21,23,25). The van der Waals surface area contributed by atoms with E-state index in [1.165, 1.54) is 0 Å². The van der Waals surface area contributed by atoms with E-state index in [0.717, 1.165) is 0 Å². The van der Waals surface area contributed by atoms with E-state index in [4.69, 9.17) is 34.8 Å². The smallest absolute Gasteiger partial charge is 0.245 e. The molecule has 4 aromatic rings. The first-order valence-corrected chi connectivity index (χ1v) is 8.47. The molecule has 0 aliphatic carbocycles. The third kappa shape index (κ3) is 3.37. The van der Waals surface area contributed by atoms with Crippen molar-refractivity contribution in [1.82, 2.24) is 20.3 Å². The van der Waals surface area contributed by atoms with E-state index in [1.54, 1.807) is 24.3 Å². The summed E-state index contributed by atoms with van der Waals surface area (Å²) in [4.78, 5) is 8.77. The average molecular weight is 408 g/mol. The number of nitrogens with zero attached hydrogens (tertiary/aromatic N) is 4. The van der Waals surface area contributed by atoms with E-state index in [2.05, 4.69) is 35.5 Å². The third-order valence-electron chi connectivity index (χ3n) is 3.42. The molecule has 10 heteroatoms. The van der Waals surface area contributed by atoms with Gasteiger partial charge in [0.1, 0.15) is 0 Å². The van der Waals surface area contributed by atoms with Crippen molar-refractivity contribution in [2.75, 3.05) is 10.6 Å². The van der Waals surface area contributed by atoms with Crippen molar-refractivity contribution < 1.29 is 4.63 Å². The highest BCUT2D eigenvalue weighted by molar-refractivity contribution is 6.42. The molecule has 4 rings (SSSR count). The van der Waals surface area contributed by atoms with Crippen molar-refractivity contribution in [2.24, 2.45) is 0 Å². The van der Waals surface area contributed by atoms with Crippen LogP contribution in [0.1, 0.15) is 0 Å². The van der Waals surface area contributed by atoms with Gasteiger partial charge in [-0.1, -0.05) is 46.9 Å². The van der Waals surface area contributed by atoms with Crippen molar-refractivity contribution in [3.05, 3.63) is 57.5 Å². The fourth-order valence-corrected chi connectivity index (χ4v) is 2.69. The minimum atomic E-state index is 0.261. The van der Waals surface area contributed by atoms with Gasteiger partial charge in [0.2, 0.25) is 11.3 Å². The number of hydrogen-bond donors (Lipinski definition) is 2. The summed E-state index contributed by atoms with van der Waals surface area (Å²) in [5, 5.41) is 15.1. The van der Waals surface area contributed by atoms with Crippen molar-refractivity contribution in [1.29, 1.82) is 0 Å². The molecule has 2 heterocycles. The van der Waals surface area contributed by atoms with E-state index in [0.29, 0.717) is 38.1 Å². The summed E-state index contributed by atoms with van der Waals surface area (Å²) in [6.45, 7) is 0. The predicted octanol–water partition coefficient (Wildman–Crippen LogP) is 5.46. The molecule has 0 amide bonds. The number of aromatic nitrogens is 4. The van der Waals surface area contributed by atoms with Gasteiger partial charge in [0.05, 0.1) is 20.8 Å². The zero-order valence-electron chi connectivity index (χ0n) is 12.9. The van der Waals surface area contributed by atoms with Crippen LogP contribution in [0.15, 0.2) is 47.1 Å². The summed E-state index contributed by atoms with van der Waals surface area (Å²) in [6, 6.07) is 12.4. The first-order chi connectivity index (χ1) is 12.6. The molecule has 2 N–H and O–H groups in total. The highest BCUT2D eigenvalue weighted by Gasteiger charge is 2.14. The van der Waals surface area contributed by atoms with Gasteiger partial charge in [0.15, 0.2) is 11.6 Å². The minimum absolute atomic E-state index is 0.261. The van der Waals surface area contributed by atoms with Gasteiger partial charge in [0.25, 0.3) is 0 Å². The predicted molar refractivity (Wildman–Crippen MR) is 102 cm³/mol. The molecule has 7 nitrogen and oxygen atoms in total. The lowest BCUT2D eigenvalue weighted by atomic mass is 10.3. The van der Waals surface area contributed by atoms with Crippen LogP contribution in [0.4, 0.5) is 23.0 Å². The Labute approximate surface area is 162 Å². The number of halogens is 3. The van der Waals surface area contributed by atoms with E-state index in [9.17, 15) is 0 Å². The second-order valence-electron chi connectivity index (χ2n) is 5.19. The molecule has 0 spiro atoms. The molecule has 0 unspecified atom stereocenters. The van der Waals surface area contributed by atoms with Crippen molar-refractivity contribution >= 4 is 69.1 Å². The van der Waals surface area contributed by atoms with Crippen LogP contribution in [0.25, 0.3) is 11.3 Å². The second-order valence-corrected chi connectivity index (χ2v) is 6.41. The summed E-state index contributed by atoms with van der Waals surface area (Å²) in [7, 11) is 0. The lowest BCUT2D eigenvalue weighted by Gasteiger charge is -2.13. The summed E-state index contributed by atoms with van der Waals surface area (Å²) < 4.78 is 4.69. The average Bonchev–Trinajstić information content (AvgIpc) is 3.07. The Bertz CT molecular complexity index is 1100. The van der Waals surface area contributed by atoms with Gasteiger partial charge < -0.3 is 10.6 Å². The van der Waals surface area contributed by atoms with E-state index >= 15 is 0 Å². The molecule has 2 aromatic heterocycles. The van der Waals surface area contributed by atoms with Crippen molar-refractivity contribution in [3.63, 3.8) is 0 Å². The lowest BCUT2D eigenvalue weighted by Crippen LogP contribution is -2.03. The zero-order valence-corrected chi connectivity index (χ0v) is 15.1. The summed E-state index contributed by atoms with van der Waals surface area (Å²) in [5.74, 6) is 0.791. The quantitative estimate of drug-likeness (QED) is 0.464. The van der Waals surface area contributed by atoms with Gasteiger partial charge in [-0.3, -0.25) is 0 Å². The Hall–Kier alpha value is -2.61. The SMILES string of the molecule is Clc1ccc(Nc2nc3nonc3nc2Nc2ccccc2Cl)cc1Cl. The molecular formula is C16H9Cl3N6O. The third-order valence-corrected chi connectivity index (χ3v) is 4.49. The molecular weight excluding hydrogens is 399 g/mol. The van der Waals surface area contributed by atoms with E-state index in [-0.39, 0.29) is 11.3 Å². The number of benzene rings is 2. The maximum absolute atomic E-state index is 6.21. The molecule has 0 saturated heterocycles. The number of anilines is 4. The first-order valence-electron chi connectivity index (χ1n) is 7.34. The fourth-order valence-electron chi connectivity index (χ4n) is 2.21. The molecule has 0 fully saturated rings. The molecule has 0 aliphatic heterocycles. The topological polar surface area (TPSA) is 88.8 Å². The Morgan fingerprint density at radius 1 is 0.731 bits per heavy atom. The Kier molecular flexibility index (Phi) is 4.50. The molecule has 0 bridgehead atoms. The van der Waals surface area contributed by atoms with Gasteiger partial charge in [-0.2, -0.15) is 0 Å². The number of hydrogen-bond acceptors (Lipinski definition) is 7. The maximum atomic E-state index is 6.21. The van der Waals surface area contributed by atoms with Gasteiger partial charge in [-0.15, -0.1) is 0 Å². The normalized spacial score (nSPS) is 10.9. The van der Waals surface area contributed by atoms with Gasteiger partial charge in [-0.05, 0) is 40.6 Å². The summed E-state index contributed by atoms with van der Waals surface area (Å²) in [5.41, 5.74) is 1.86. The largest absolute Gasteiger partial charge is 0.337 e. The zero-order chi connectivity index (χ0) is 18.1. The van der Waals surface area contributed by atoms with Gasteiger partial charge in [-0.25, -0.2) is 14.6 Å². The van der Waals surface area contributed by atoms with Crippen LogP contribution in [-0.2, 0) is 0 Å². The second kappa shape index (κ2) is 6.95. The number of rotatable bonds is 4. The molecule has 130 valence electrons. The van der Waals surface area contributed by atoms with Crippen LogP contribution in [0.3, 0.4) is 0 Å². The Morgan fingerprint density at radius 3 is 2.12 bits per heavy atom. The number of nitrogens with one attached hydrogen (secondary N) is 2. The van der Waals surface area contributed by atoms with E-state index < -0.39 is 0 Å². The van der Waals surface area contributed by atoms with Crippen LogP contribution in [0.2, 0.25) is 15.1 Å². The molecule has 0 aliphatic rings. The molecule has 0 radical (unpaired) electrons. The molecule has 0 atom stereocenters. The van der Waals surface area contributed by atoms with Crippen LogP contribution in [0.5, 0.6) is 0 Å². The van der Waals surface area contributed by atoms with Crippen molar-refractivity contribution in [2.45, 2.75) is 0 Å². The monoisotopic (exact) mass is 406 g/mol. The maximum Gasteiger partial charge on any atom is 0.245 e. The highest BCUT2D eigenvalue weighted by atomic mass is 35.5. The molecule has 2 aromatic carbocycles. The van der Waals surface area contributed by atoms with Gasteiger partial charge in [0, 0.05) is 5.69 Å². The Morgan fingerprint density at radius 2 is 1.42 bits per heavy atom. The van der Waals surface area contributed by atoms with Crippen LogP contribution in [0, 0.1) is 0 Å². The highest BCUT2D eigenvalue weighted by Crippen LogP contribution is 2.31. The molecule has 0 saturated carbocycles. The van der Waals surface area contributed by atoms with Crippen LogP contribution < -0.4 is 10.6 Å². The fraction of sp³-hybridized carbons (Fsp3) is 0. The van der Waals surface area contributed by atoms with Gasteiger partial charge >= 0.3 is 0 Å². The number of para-hydroxylation sites is 1.